The molecule has 1 aliphatic heterocycles. The Bertz CT molecular complexity index is 1060. The van der Waals surface area contributed by atoms with E-state index in [1.807, 2.05) is 37.4 Å². The second kappa shape index (κ2) is 9.13. The van der Waals surface area contributed by atoms with Crippen molar-refractivity contribution in [1.29, 1.82) is 0 Å². The molecule has 1 fully saturated rings. The molecule has 0 unspecified atom stereocenters. The van der Waals surface area contributed by atoms with Gasteiger partial charge >= 0.3 is 0 Å². The van der Waals surface area contributed by atoms with Gasteiger partial charge < -0.3 is 14.5 Å². The Morgan fingerprint density at radius 1 is 1.23 bits per heavy atom. The minimum atomic E-state index is -0.287. The molecule has 4 rings (SSSR count). The van der Waals surface area contributed by atoms with Crippen LogP contribution in [-0.4, -0.2) is 36.9 Å². The van der Waals surface area contributed by atoms with E-state index in [9.17, 15) is 4.79 Å². The highest BCUT2D eigenvalue weighted by atomic mass is 16.5. The van der Waals surface area contributed by atoms with Crippen LogP contribution < -0.4 is 10.2 Å². The van der Waals surface area contributed by atoms with E-state index in [0.717, 1.165) is 53.8 Å². The largest absolute Gasteiger partial charge is 0.483 e. The van der Waals surface area contributed by atoms with Gasteiger partial charge in [0.1, 0.15) is 5.75 Å². The summed E-state index contributed by atoms with van der Waals surface area (Å²) >= 11 is 0. The quantitative estimate of drug-likeness (QED) is 0.477. The fourth-order valence-corrected chi connectivity index (χ4v) is 3.99. The Balaban J connectivity index is 1.38. The summed E-state index contributed by atoms with van der Waals surface area (Å²) in [4.78, 5) is 15.4. The number of fused-ring (bicyclic) bond motifs is 1. The molecule has 0 spiro atoms. The normalized spacial score (nSPS) is 15.0. The van der Waals surface area contributed by atoms with Crippen molar-refractivity contribution in [3.05, 3.63) is 64.8 Å². The van der Waals surface area contributed by atoms with Crippen LogP contribution in [0.3, 0.4) is 0 Å². The number of amides is 1. The summed E-state index contributed by atoms with van der Waals surface area (Å²) in [5.41, 5.74) is 7.91. The Morgan fingerprint density at radius 3 is 2.90 bits per heavy atom. The topological polar surface area (TPSA) is 75.7 Å². The number of nitrogens with zero attached hydrogens (tertiary/aromatic N) is 1. The average molecular weight is 405 g/mol. The van der Waals surface area contributed by atoms with Crippen LogP contribution in [0.4, 0.5) is 0 Å². The molecule has 2 N–H and O–H groups in total. The van der Waals surface area contributed by atoms with E-state index in [1.165, 1.54) is 11.1 Å². The second-order valence-corrected chi connectivity index (χ2v) is 7.79. The smallest absolute Gasteiger partial charge is 0.277 e. The maximum atomic E-state index is 12.3. The van der Waals surface area contributed by atoms with Gasteiger partial charge in [0.2, 0.25) is 0 Å². The molecular formula is C24H27N3O3. The molecule has 2 heterocycles. The number of carbonyl (C=O) groups excluding carboxylic acids is 1. The van der Waals surface area contributed by atoms with Gasteiger partial charge in [-0.2, -0.15) is 5.10 Å². The monoisotopic (exact) mass is 405 g/mol. The van der Waals surface area contributed by atoms with E-state index in [4.69, 9.17) is 9.47 Å². The highest BCUT2D eigenvalue weighted by molar-refractivity contribution is 5.89. The number of rotatable bonds is 6. The number of aromatic amines is 1. The van der Waals surface area contributed by atoms with E-state index in [2.05, 4.69) is 34.6 Å². The van der Waals surface area contributed by atoms with Crippen LogP contribution in [0, 0.1) is 13.8 Å². The Hall–Kier alpha value is -3.12. The van der Waals surface area contributed by atoms with Gasteiger partial charge in [0.25, 0.3) is 5.91 Å². The maximum Gasteiger partial charge on any atom is 0.277 e. The summed E-state index contributed by atoms with van der Waals surface area (Å²) < 4.78 is 11.5. The van der Waals surface area contributed by atoms with Gasteiger partial charge in [-0.3, -0.25) is 4.79 Å². The molecule has 3 aromatic rings. The van der Waals surface area contributed by atoms with E-state index >= 15 is 0 Å². The van der Waals surface area contributed by atoms with Crippen LogP contribution in [0.2, 0.25) is 0 Å². The number of hydrogen-bond donors (Lipinski definition) is 2. The number of hydrazone groups is 1. The second-order valence-electron chi connectivity index (χ2n) is 7.79. The zero-order chi connectivity index (χ0) is 20.9. The van der Waals surface area contributed by atoms with Gasteiger partial charge in [-0.1, -0.05) is 29.8 Å². The fraction of sp³-hybridized carbons (Fsp3) is 0.333. The van der Waals surface area contributed by atoms with Crippen molar-refractivity contribution in [1.82, 2.24) is 10.4 Å². The van der Waals surface area contributed by atoms with Gasteiger partial charge in [-0.15, -0.1) is 0 Å². The van der Waals surface area contributed by atoms with Crippen LogP contribution in [-0.2, 0) is 9.53 Å². The van der Waals surface area contributed by atoms with Crippen LogP contribution in [0.5, 0.6) is 5.75 Å². The summed E-state index contributed by atoms with van der Waals surface area (Å²) in [7, 11) is 0. The van der Waals surface area contributed by atoms with Crippen LogP contribution in [0.1, 0.15) is 41.0 Å². The molecule has 1 aromatic heterocycles. The maximum absolute atomic E-state index is 12.3. The zero-order valence-corrected chi connectivity index (χ0v) is 17.4. The molecule has 1 saturated heterocycles. The van der Waals surface area contributed by atoms with Gasteiger partial charge in [0, 0.05) is 24.9 Å². The number of H-pyrrole nitrogens is 1. The predicted molar refractivity (Wildman–Crippen MR) is 118 cm³/mol. The molecule has 156 valence electrons. The summed E-state index contributed by atoms with van der Waals surface area (Å²) in [5.74, 6) is 0.922. The van der Waals surface area contributed by atoms with Gasteiger partial charge in [-0.25, -0.2) is 5.43 Å². The lowest BCUT2D eigenvalue weighted by molar-refractivity contribution is -0.123. The lowest BCUT2D eigenvalue weighted by Gasteiger charge is -2.25. The number of ether oxygens (including phenoxy) is 2. The standard InChI is InChI=1S/C24H27N3O3/c1-16-11-17(2)24(21(12-16)19-6-9-29-10-7-19)30-15-23(28)27-26-14-18-3-4-20-5-8-25-22(20)13-18/h3-5,8,11-14,19,25H,6-7,9-10,15H2,1-2H3,(H,27,28). The third-order valence-corrected chi connectivity index (χ3v) is 5.44. The highest BCUT2D eigenvalue weighted by Gasteiger charge is 2.21. The number of aromatic nitrogens is 1. The minimum Gasteiger partial charge on any atom is -0.483 e. The fourth-order valence-electron chi connectivity index (χ4n) is 3.99. The molecule has 0 radical (unpaired) electrons. The van der Waals surface area contributed by atoms with Crippen molar-refractivity contribution in [2.45, 2.75) is 32.6 Å². The molecule has 0 aliphatic carbocycles. The first kappa shape index (κ1) is 20.2. The summed E-state index contributed by atoms with van der Waals surface area (Å²) in [6, 6.07) is 12.2. The highest BCUT2D eigenvalue weighted by Crippen LogP contribution is 2.36. The lowest BCUT2D eigenvalue weighted by atomic mass is 9.88. The summed E-state index contributed by atoms with van der Waals surface area (Å²) in [5, 5.41) is 5.20. The summed E-state index contributed by atoms with van der Waals surface area (Å²) in [6.07, 6.45) is 5.47. The van der Waals surface area contributed by atoms with Crippen LogP contribution in [0.25, 0.3) is 10.9 Å². The molecule has 0 saturated carbocycles. The number of nitrogens with one attached hydrogen (secondary N) is 2. The Labute approximate surface area is 176 Å². The van der Waals surface area contributed by atoms with E-state index in [0.29, 0.717) is 5.92 Å². The van der Waals surface area contributed by atoms with Crippen LogP contribution in [0.15, 0.2) is 47.7 Å². The van der Waals surface area contributed by atoms with Crippen molar-refractivity contribution < 1.29 is 14.3 Å². The minimum absolute atomic E-state index is 0.0763. The van der Waals surface area contributed by atoms with Crippen molar-refractivity contribution >= 4 is 23.0 Å². The third-order valence-electron chi connectivity index (χ3n) is 5.44. The SMILES string of the molecule is Cc1cc(C)c(OCC(=O)NN=Cc2ccc3cc[nH]c3c2)c(C2CCOCC2)c1. The summed E-state index contributed by atoms with van der Waals surface area (Å²) in [6.45, 7) is 5.57. The molecule has 2 aromatic carbocycles. The first-order valence-electron chi connectivity index (χ1n) is 10.3. The number of hydrogen-bond acceptors (Lipinski definition) is 4. The molecule has 6 nitrogen and oxygen atoms in total. The first-order chi connectivity index (χ1) is 14.6. The van der Waals surface area contributed by atoms with Gasteiger partial charge in [-0.05, 0) is 66.8 Å². The van der Waals surface area contributed by atoms with Crippen molar-refractivity contribution in [3.63, 3.8) is 0 Å². The van der Waals surface area contributed by atoms with Gasteiger partial charge in [0.15, 0.2) is 6.61 Å². The molecule has 1 aliphatic rings. The number of benzene rings is 2. The molecule has 0 bridgehead atoms. The Morgan fingerprint density at radius 2 is 2.07 bits per heavy atom. The molecule has 6 heteroatoms. The first-order valence-corrected chi connectivity index (χ1v) is 10.3. The van der Waals surface area contributed by atoms with E-state index < -0.39 is 0 Å². The van der Waals surface area contributed by atoms with E-state index in [1.54, 1.807) is 6.21 Å². The third kappa shape index (κ3) is 4.71. The zero-order valence-electron chi connectivity index (χ0n) is 17.4. The van der Waals surface area contributed by atoms with Crippen molar-refractivity contribution in [2.24, 2.45) is 5.10 Å². The number of aryl methyl sites for hydroxylation is 2. The molecule has 1 amide bonds. The Kier molecular flexibility index (Phi) is 6.14. The van der Waals surface area contributed by atoms with Gasteiger partial charge in [0.05, 0.1) is 6.21 Å². The number of carbonyl (C=O) groups is 1. The lowest BCUT2D eigenvalue weighted by Crippen LogP contribution is -2.25. The average Bonchev–Trinajstić information content (AvgIpc) is 3.21. The van der Waals surface area contributed by atoms with Crippen LogP contribution >= 0.6 is 0 Å². The molecule has 0 atom stereocenters. The molecule has 30 heavy (non-hydrogen) atoms. The predicted octanol–water partition coefficient (Wildman–Crippen LogP) is 4.21. The van der Waals surface area contributed by atoms with E-state index in [-0.39, 0.29) is 12.5 Å². The molecular weight excluding hydrogens is 378 g/mol. The van der Waals surface area contributed by atoms with Crippen molar-refractivity contribution in [3.8, 4) is 5.75 Å². The van der Waals surface area contributed by atoms with Crippen molar-refractivity contribution in [2.75, 3.05) is 19.8 Å².